The molecule has 0 atom stereocenters. The first kappa shape index (κ1) is 11.2. The molecule has 0 amide bonds. The molecule has 2 N–H and O–H groups in total. The van der Waals surface area contributed by atoms with Crippen LogP contribution in [0.3, 0.4) is 0 Å². The zero-order valence-electron chi connectivity index (χ0n) is 9.24. The topological polar surface area (TPSA) is 70.3 Å². The number of benzene rings is 1. The first-order valence-electron chi connectivity index (χ1n) is 5.24. The summed E-state index contributed by atoms with van der Waals surface area (Å²) in [4.78, 5) is 7.68. The molecule has 2 aromatic rings. The number of aromatic nitrogens is 2. The minimum Gasteiger partial charge on any atom is -0.490 e. The number of hydrogen-bond donors (Lipinski definition) is 1. The van der Waals surface area contributed by atoms with Gasteiger partial charge in [-0.05, 0) is 12.1 Å². The van der Waals surface area contributed by atoms with Gasteiger partial charge in [0.2, 0.25) is 11.8 Å². The van der Waals surface area contributed by atoms with Crippen LogP contribution in [0.2, 0.25) is 0 Å². The van der Waals surface area contributed by atoms with Crippen molar-refractivity contribution in [3.63, 3.8) is 0 Å². The fraction of sp³-hybridized carbons (Fsp3) is 0.167. The molecule has 1 heterocycles. The van der Waals surface area contributed by atoms with Crippen molar-refractivity contribution in [1.29, 1.82) is 0 Å². The number of nitrogens with zero attached hydrogens (tertiary/aromatic N) is 2. The Morgan fingerprint density at radius 2 is 1.76 bits per heavy atom. The number of anilines is 1. The van der Waals surface area contributed by atoms with Crippen molar-refractivity contribution < 1.29 is 9.47 Å². The lowest BCUT2D eigenvalue weighted by Gasteiger charge is -2.07. The number of para-hydroxylation sites is 1. The summed E-state index contributed by atoms with van der Waals surface area (Å²) < 4.78 is 10.8. The summed E-state index contributed by atoms with van der Waals surface area (Å²) in [6.45, 7) is 0.860. The molecule has 1 aromatic heterocycles. The third-order valence-corrected chi connectivity index (χ3v) is 1.99. The largest absolute Gasteiger partial charge is 0.490 e. The van der Waals surface area contributed by atoms with Gasteiger partial charge in [0, 0.05) is 12.3 Å². The number of nitrogens with two attached hydrogens (primary N) is 1. The third kappa shape index (κ3) is 3.64. The van der Waals surface area contributed by atoms with Crippen molar-refractivity contribution in [2.45, 2.75) is 0 Å². The average Bonchev–Trinajstić information content (AvgIpc) is 2.36. The van der Waals surface area contributed by atoms with Crippen LogP contribution in [0.5, 0.6) is 11.6 Å². The van der Waals surface area contributed by atoms with E-state index in [2.05, 4.69) is 9.97 Å². The number of ether oxygens (including phenoxy) is 2. The zero-order valence-corrected chi connectivity index (χ0v) is 9.24. The Morgan fingerprint density at radius 3 is 2.53 bits per heavy atom. The molecule has 5 nitrogen and oxygen atoms in total. The van der Waals surface area contributed by atoms with Crippen LogP contribution in [0, 0.1) is 0 Å². The van der Waals surface area contributed by atoms with E-state index in [0.717, 1.165) is 5.75 Å². The van der Waals surface area contributed by atoms with Crippen LogP contribution >= 0.6 is 0 Å². The van der Waals surface area contributed by atoms with E-state index >= 15 is 0 Å². The molecule has 1 aromatic carbocycles. The monoisotopic (exact) mass is 231 g/mol. The Morgan fingerprint density at radius 1 is 1.00 bits per heavy atom. The lowest BCUT2D eigenvalue weighted by molar-refractivity contribution is 0.212. The van der Waals surface area contributed by atoms with Gasteiger partial charge in [-0.25, -0.2) is 4.98 Å². The molecule has 0 aliphatic heterocycles. The van der Waals surface area contributed by atoms with E-state index in [1.807, 2.05) is 30.3 Å². The predicted molar refractivity (Wildman–Crippen MR) is 63.9 cm³/mol. The molecule has 17 heavy (non-hydrogen) atoms. The summed E-state index contributed by atoms with van der Waals surface area (Å²) in [7, 11) is 0. The van der Waals surface area contributed by atoms with Gasteiger partial charge < -0.3 is 15.2 Å². The number of rotatable bonds is 5. The third-order valence-electron chi connectivity index (χ3n) is 1.99. The molecule has 5 heteroatoms. The first-order valence-corrected chi connectivity index (χ1v) is 5.24. The molecule has 0 fully saturated rings. The van der Waals surface area contributed by atoms with Crippen molar-refractivity contribution in [2.75, 3.05) is 18.9 Å². The molecule has 0 spiro atoms. The average molecular weight is 231 g/mol. The van der Waals surface area contributed by atoms with E-state index < -0.39 is 0 Å². The van der Waals surface area contributed by atoms with Crippen molar-refractivity contribution in [3.05, 3.63) is 42.6 Å². The Bertz CT molecular complexity index is 462. The summed E-state index contributed by atoms with van der Waals surface area (Å²) in [5, 5.41) is 0. The second-order valence-corrected chi connectivity index (χ2v) is 3.26. The van der Waals surface area contributed by atoms with E-state index in [4.69, 9.17) is 15.2 Å². The molecule has 88 valence electrons. The minimum atomic E-state index is 0.200. The Balaban J connectivity index is 1.73. The van der Waals surface area contributed by atoms with Gasteiger partial charge in [0.1, 0.15) is 19.0 Å². The molecule has 0 saturated carbocycles. The summed E-state index contributed by atoms with van der Waals surface area (Å²) in [6.07, 6.45) is 1.55. The summed E-state index contributed by atoms with van der Waals surface area (Å²) in [5.74, 6) is 1.47. The molecule has 0 bridgehead atoms. The minimum absolute atomic E-state index is 0.200. The maximum absolute atomic E-state index is 5.46. The molecule has 0 radical (unpaired) electrons. The standard InChI is InChI=1S/C12H13N3O2/c13-12-14-7-6-11(15-12)17-9-8-16-10-4-2-1-3-5-10/h1-7H,8-9H2,(H2,13,14,15). The second kappa shape index (κ2) is 5.69. The van der Waals surface area contributed by atoms with Gasteiger partial charge in [-0.2, -0.15) is 4.98 Å². The van der Waals surface area contributed by atoms with Crippen LogP contribution in [-0.4, -0.2) is 23.2 Å². The number of hydrogen-bond acceptors (Lipinski definition) is 5. The molecule has 0 unspecified atom stereocenters. The van der Waals surface area contributed by atoms with Crippen molar-refractivity contribution in [2.24, 2.45) is 0 Å². The summed E-state index contributed by atoms with van der Waals surface area (Å²) in [5.41, 5.74) is 5.42. The Hall–Kier alpha value is -2.30. The zero-order chi connectivity index (χ0) is 11.9. The molecular formula is C12H13N3O2. The summed E-state index contributed by atoms with van der Waals surface area (Å²) in [6, 6.07) is 11.2. The molecule has 0 aliphatic rings. The summed E-state index contributed by atoms with van der Waals surface area (Å²) >= 11 is 0. The van der Waals surface area contributed by atoms with E-state index in [9.17, 15) is 0 Å². The maximum atomic E-state index is 5.46. The van der Waals surface area contributed by atoms with E-state index in [-0.39, 0.29) is 5.95 Å². The smallest absolute Gasteiger partial charge is 0.223 e. The normalized spacial score (nSPS) is 9.88. The van der Waals surface area contributed by atoms with Gasteiger partial charge in [0.15, 0.2) is 0 Å². The molecule has 2 rings (SSSR count). The Labute approximate surface area is 99.2 Å². The quantitative estimate of drug-likeness (QED) is 0.790. The van der Waals surface area contributed by atoms with Gasteiger partial charge in [-0.15, -0.1) is 0 Å². The highest BCUT2D eigenvalue weighted by Crippen LogP contribution is 2.09. The van der Waals surface area contributed by atoms with Crippen LogP contribution < -0.4 is 15.2 Å². The van der Waals surface area contributed by atoms with Crippen molar-refractivity contribution in [3.8, 4) is 11.6 Å². The van der Waals surface area contributed by atoms with Crippen LogP contribution in [0.1, 0.15) is 0 Å². The van der Waals surface area contributed by atoms with E-state index in [0.29, 0.717) is 19.1 Å². The highest BCUT2D eigenvalue weighted by Gasteiger charge is 1.97. The number of nitrogen functional groups attached to an aromatic ring is 1. The van der Waals surface area contributed by atoms with Gasteiger partial charge in [-0.1, -0.05) is 18.2 Å². The van der Waals surface area contributed by atoms with Gasteiger partial charge in [0.25, 0.3) is 0 Å². The Kier molecular flexibility index (Phi) is 3.75. The molecule has 0 aliphatic carbocycles. The van der Waals surface area contributed by atoms with Gasteiger partial charge in [0.05, 0.1) is 0 Å². The first-order chi connectivity index (χ1) is 8.34. The highest BCUT2D eigenvalue weighted by molar-refractivity contribution is 5.21. The lowest BCUT2D eigenvalue weighted by atomic mass is 10.3. The predicted octanol–water partition coefficient (Wildman–Crippen LogP) is 1.52. The van der Waals surface area contributed by atoms with Crippen LogP contribution in [-0.2, 0) is 0 Å². The van der Waals surface area contributed by atoms with Gasteiger partial charge >= 0.3 is 0 Å². The fourth-order valence-corrected chi connectivity index (χ4v) is 1.26. The second-order valence-electron chi connectivity index (χ2n) is 3.26. The van der Waals surface area contributed by atoms with Crippen molar-refractivity contribution >= 4 is 5.95 Å². The van der Waals surface area contributed by atoms with Crippen molar-refractivity contribution in [1.82, 2.24) is 9.97 Å². The lowest BCUT2D eigenvalue weighted by Crippen LogP contribution is -2.10. The molecular weight excluding hydrogens is 218 g/mol. The highest BCUT2D eigenvalue weighted by atomic mass is 16.5. The van der Waals surface area contributed by atoms with Crippen LogP contribution in [0.15, 0.2) is 42.6 Å². The van der Waals surface area contributed by atoms with Crippen LogP contribution in [0.25, 0.3) is 0 Å². The maximum Gasteiger partial charge on any atom is 0.223 e. The van der Waals surface area contributed by atoms with E-state index in [1.165, 1.54) is 0 Å². The van der Waals surface area contributed by atoms with Gasteiger partial charge in [-0.3, -0.25) is 0 Å². The SMILES string of the molecule is Nc1nccc(OCCOc2ccccc2)n1. The van der Waals surface area contributed by atoms with E-state index in [1.54, 1.807) is 12.3 Å². The fourth-order valence-electron chi connectivity index (χ4n) is 1.26. The molecule has 0 saturated heterocycles. The van der Waals surface area contributed by atoms with Crippen LogP contribution in [0.4, 0.5) is 5.95 Å².